The Balaban J connectivity index is 0.970. The number of ketones is 3. The molecule has 3 aromatic carbocycles. The molecule has 0 bridgehead atoms. The van der Waals surface area contributed by atoms with Gasteiger partial charge in [-0.2, -0.15) is 13.2 Å². The molecule has 0 radical (unpaired) electrons. The molecule has 4 aliphatic rings. The lowest BCUT2D eigenvalue weighted by Crippen LogP contribution is -2.62. The highest BCUT2D eigenvalue weighted by atomic mass is 19.4. The van der Waals surface area contributed by atoms with Crippen LogP contribution in [0.4, 0.5) is 26.7 Å². The number of hydrogen-bond acceptors (Lipinski definition) is 18. The second kappa shape index (κ2) is 42.9. The minimum atomic E-state index is -5.33. The number of alkyl halides is 3. The van der Waals surface area contributed by atoms with E-state index in [2.05, 4.69) is 31.9 Å². The largest absolute Gasteiger partial charge is 0.459 e. The SMILES string of the molecule is CC[C@H](C)[C@H](NC(=O)[C@H](CC(C)C)N(C)C(=O)C[C@H](NCC(=O)[C@@H](NCC(=O)C1(NC(=O)[C@@H]2CCCN2C(=O)[C@H](CCc2cc(F)c(C(F)(F)F)c(F)c2)NC(=O)OCc2ccccc2)CCCC1)C1CCCC1)C(=O)N(C)C)C(=O)N(C)[C@@H](C)C(=O)N1CC[C@H]1C(=O)CCN[C@@H](Cc1ccc(C)cc1)C(=O)N(C)CC(=O)OC(C)(C)C. The Labute approximate surface area is 683 Å². The van der Waals surface area contributed by atoms with Gasteiger partial charge >= 0.3 is 18.2 Å². The number of carbonyl (C=O) groups is 13. The number of benzene rings is 3. The van der Waals surface area contributed by atoms with E-state index in [1.165, 1.54) is 71.6 Å². The van der Waals surface area contributed by atoms with Crippen molar-refractivity contribution < 1.29 is 93.8 Å². The van der Waals surface area contributed by atoms with Gasteiger partial charge in [-0.15, -0.1) is 0 Å². The first-order chi connectivity index (χ1) is 55.0. The summed E-state index contributed by atoms with van der Waals surface area (Å²) in [7, 11) is 7.32. The number of Topliss-reactive ketones (excluding diaryl/α,β-unsaturated/α-hetero) is 3. The van der Waals surface area contributed by atoms with E-state index in [1.54, 1.807) is 58.0 Å². The molecule has 10 atom stereocenters. The summed E-state index contributed by atoms with van der Waals surface area (Å²) < 4.78 is 80.8. The third-order valence-electron chi connectivity index (χ3n) is 22.8. The number of carbonyl (C=O) groups excluding carboxylic acids is 13. The van der Waals surface area contributed by atoms with Crippen molar-refractivity contribution in [3.05, 3.63) is 106 Å². The molecule has 0 spiro atoms. The maximum Gasteiger partial charge on any atom is 0.422 e. The van der Waals surface area contributed by atoms with Crippen molar-refractivity contribution in [3.8, 4) is 0 Å². The molecule has 9 amide bonds. The van der Waals surface area contributed by atoms with Crippen LogP contribution in [0.15, 0.2) is 66.7 Å². The van der Waals surface area contributed by atoms with Gasteiger partial charge in [0.05, 0.1) is 49.2 Å². The maximum absolute atomic E-state index is 14.8. The van der Waals surface area contributed by atoms with Crippen LogP contribution in [0.2, 0.25) is 0 Å². The standard InChI is InChI=1S/C85H121F5N12O15/c1-15-53(5)73(81(114)99(13)54(6)77(110)102-41-36-64(102)67(103)35-39-91-62(45-55-31-29-52(4)30-32-55)79(112)98(12)49-71(107)117-83(7,8)9)95-75(108)66(42-51(2)3)100(14)70(106)46-63(78(111)97(10)11)92-47-68(104)74(58-26-19-20-27-58)93-48-69(105)84(37-21-22-38-84)96-76(109)65-28-23-40-101(65)80(113)61(94-82(115)116-50-56-24-17-16-18-25-56)34-33-57-43-59(86)72(60(87)44-57)85(88,89)90/h16-18,24-25,29-32,43-44,51,53-54,58,61-66,73-74,91-93H,15,19-23,26-28,33-42,45-50H2,1-14H3,(H,94,115)(H,95,108)(H,96,109)/t53-,54-,61-,62-,63-,64-,65-,66-,73-,74-/m0/s1. The predicted octanol–water partition coefficient (Wildman–Crippen LogP) is 7.47. The molecule has 646 valence electrons. The summed E-state index contributed by atoms with van der Waals surface area (Å²) in [5.41, 5.74) is -2.06. The molecule has 0 unspecified atom stereocenters. The van der Waals surface area contributed by atoms with Crippen molar-refractivity contribution in [1.82, 2.24) is 61.3 Å². The van der Waals surface area contributed by atoms with Gasteiger partial charge in [0.2, 0.25) is 47.3 Å². The number of aryl methyl sites for hydroxylation is 2. The van der Waals surface area contributed by atoms with Crippen LogP contribution < -0.4 is 31.9 Å². The predicted molar refractivity (Wildman–Crippen MR) is 426 cm³/mol. The van der Waals surface area contributed by atoms with Gasteiger partial charge in [0.25, 0.3) is 0 Å². The van der Waals surface area contributed by atoms with Crippen LogP contribution in [0.3, 0.4) is 0 Å². The second-order valence-corrected chi connectivity index (χ2v) is 33.5. The van der Waals surface area contributed by atoms with E-state index in [4.69, 9.17) is 9.47 Å². The summed E-state index contributed by atoms with van der Waals surface area (Å²) in [6.07, 6.45) is -1.83. The number of amides is 9. The molecule has 2 aliphatic carbocycles. The summed E-state index contributed by atoms with van der Waals surface area (Å²) in [5, 5.41) is 17.8. The Morgan fingerprint density at radius 3 is 1.87 bits per heavy atom. The van der Waals surface area contributed by atoms with Gasteiger partial charge in [0.15, 0.2) is 17.3 Å². The zero-order valence-corrected chi connectivity index (χ0v) is 70.2. The number of likely N-dealkylation sites (N-methyl/N-ethyl adjacent to an activating group) is 4. The van der Waals surface area contributed by atoms with Crippen LogP contribution in [0.5, 0.6) is 0 Å². The molecule has 7 rings (SSSR count). The van der Waals surface area contributed by atoms with Gasteiger partial charge in [0.1, 0.15) is 66.2 Å². The minimum Gasteiger partial charge on any atom is -0.459 e. The van der Waals surface area contributed by atoms with Gasteiger partial charge in [-0.05, 0) is 152 Å². The average molecular weight is 1650 g/mol. The molecule has 6 N–H and O–H groups in total. The monoisotopic (exact) mass is 1640 g/mol. The van der Waals surface area contributed by atoms with Crippen LogP contribution in [0.25, 0.3) is 0 Å². The fourth-order valence-corrected chi connectivity index (χ4v) is 15.7. The fraction of sp³-hybridized carbons (Fsp3) is 0.635. The Bertz CT molecular complexity index is 3960. The van der Waals surface area contributed by atoms with Gasteiger partial charge in [-0.3, -0.25) is 62.9 Å². The van der Waals surface area contributed by atoms with E-state index >= 15 is 0 Å². The van der Waals surface area contributed by atoms with E-state index in [9.17, 15) is 84.3 Å². The highest BCUT2D eigenvalue weighted by Crippen LogP contribution is 2.36. The summed E-state index contributed by atoms with van der Waals surface area (Å²) in [4.78, 5) is 193. The number of hydrogen-bond donors (Lipinski definition) is 6. The van der Waals surface area contributed by atoms with Gasteiger partial charge in [0, 0.05) is 61.3 Å². The third-order valence-corrected chi connectivity index (χ3v) is 22.8. The lowest BCUT2D eigenvalue weighted by atomic mass is 9.89. The van der Waals surface area contributed by atoms with E-state index in [-0.39, 0.29) is 113 Å². The number of rotatable bonds is 41. The van der Waals surface area contributed by atoms with Crippen LogP contribution in [0, 0.1) is 36.3 Å². The number of esters is 1. The van der Waals surface area contributed by atoms with E-state index in [0.717, 1.165) is 24.0 Å². The maximum atomic E-state index is 14.8. The molecule has 0 aromatic heterocycles. The lowest BCUT2D eigenvalue weighted by molar-refractivity contribution is -0.158. The van der Waals surface area contributed by atoms with Crippen molar-refractivity contribution in [1.29, 1.82) is 0 Å². The molecule has 2 aliphatic heterocycles. The molecular formula is C85H121F5N12O15. The molecule has 2 heterocycles. The Kier molecular flexibility index (Phi) is 34.8. The van der Waals surface area contributed by atoms with Gasteiger partial charge < -0.3 is 65.5 Å². The van der Waals surface area contributed by atoms with Crippen molar-refractivity contribution in [3.63, 3.8) is 0 Å². The minimum absolute atomic E-state index is 0.0116. The number of alkyl carbamates (subject to hydrolysis) is 1. The van der Waals surface area contributed by atoms with Gasteiger partial charge in [-0.1, -0.05) is 120 Å². The number of halogens is 5. The van der Waals surface area contributed by atoms with Crippen LogP contribution in [-0.4, -0.2) is 246 Å². The third kappa shape index (κ3) is 26.6. The van der Waals surface area contributed by atoms with Gasteiger partial charge in [-0.25, -0.2) is 13.6 Å². The molecule has 3 aromatic rings. The van der Waals surface area contributed by atoms with Crippen LogP contribution in [0.1, 0.15) is 186 Å². The number of likely N-dealkylation sites (tertiary alicyclic amines) is 2. The zero-order valence-electron chi connectivity index (χ0n) is 70.2. The second-order valence-electron chi connectivity index (χ2n) is 33.5. The fourth-order valence-electron chi connectivity index (χ4n) is 15.7. The molecule has 2 saturated heterocycles. The summed E-state index contributed by atoms with van der Waals surface area (Å²) in [6, 6.07) is 7.17. The highest BCUT2D eigenvalue weighted by molar-refractivity contribution is 6.00. The number of ether oxygens (including phenoxy) is 2. The summed E-state index contributed by atoms with van der Waals surface area (Å²) in [5.74, 6) is -11.2. The molecule has 117 heavy (non-hydrogen) atoms. The first-order valence-electron chi connectivity index (χ1n) is 40.8. The average Bonchev–Trinajstić information content (AvgIpc) is 1.78. The van der Waals surface area contributed by atoms with E-state index < -0.39 is 179 Å². The summed E-state index contributed by atoms with van der Waals surface area (Å²) in [6.45, 7) is 15.0. The van der Waals surface area contributed by atoms with Crippen molar-refractivity contribution in [2.75, 3.05) is 74.5 Å². The zero-order chi connectivity index (χ0) is 86.6. The number of nitrogens with zero attached hydrogens (tertiary/aromatic N) is 6. The van der Waals surface area contributed by atoms with Crippen LogP contribution in [-0.2, 0) is 92.6 Å². The van der Waals surface area contributed by atoms with Crippen molar-refractivity contribution in [2.24, 2.45) is 17.8 Å². The Morgan fingerprint density at radius 1 is 0.658 bits per heavy atom. The van der Waals surface area contributed by atoms with Crippen molar-refractivity contribution >= 4 is 76.7 Å². The lowest BCUT2D eigenvalue weighted by Gasteiger charge is -2.43. The molecular weight excluding hydrogens is 1520 g/mol. The normalized spacial score (nSPS) is 18.2. The number of nitrogens with one attached hydrogen (secondary N) is 6. The molecule has 2 saturated carbocycles. The smallest absolute Gasteiger partial charge is 0.422 e. The van der Waals surface area contributed by atoms with E-state index in [1.807, 2.05) is 52.0 Å². The quantitative estimate of drug-likeness (QED) is 0.0237. The van der Waals surface area contributed by atoms with Crippen LogP contribution >= 0.6 is 0 Å². The molecule has 27 nitrogen and oxygen atoms in total. The first-order valence-corrected chi connectivity index (χ1v) is 40.8. The van der Waals surface area contributed by atoms with Crippen molar-refractivity contribution in [2.45, 2.75) is 256 Å². The Hall–Kier alpha value is -9.30. The Morgan fingerprint density at radius 2 is 1.29 bits per heavy atom. The molecule has 4 fully saturated rings. The van der Waals surface area contributed by atoms with E-state index in [0.29, 0.717) is 62.6 Å². The summed E-state index contributed by atoms with van der Waals surface area (Å²) >= 11 is 0. The topological polar surface area (TPSA) is 332 Å². The first kappa shape index (κ1) is 94.8. The molecule has 32 heteroatoms. The highest BCUT2D eigenvalue weighted by Gasteiger charge is 2.48.